The predicted octanol–water partition coefficient (Wildman–Crippen LogP) is 4.06. The van der Waals surface area contributed by atoms with E-state index >= 15 is 0 Å². The molecule has 0 saturated carbocycles. The molecule has 0 amide bonds. The average molecular weight is 338 g/mol. The summed E-state index contributed by atoms with van der Waals surface area (Å²) in [6.45, 7) is 6.01. The van der Waals surface area contributed by atoms with Gasteiger partial charge >= 0.3 is 5.97 Å². The fourth-order valence-corrected chi connectivity index (χ4v) is 2.34. The molecule has 0 radical (unpaired) electrons. The zero-order valence-electron chi connectivity index (χ0n) is 15.0. The van der Waals surface area contributed by atoms with Crippen molar-refractivity contribution in [3.63, 3.8) is 0 Å². The van der Waals surface area contributed by atoms with Gasteiger partial charge in [-0.15, -0.1) is 0 Å². The molecule has 0 fully saturated rings. The van der Waals surface area contributed by atoms with Crippen molar-refractivity contribution >= 4 is 17.8 Å². The van der Waals surface area contributed by atoms with E-state index < -0.39 is 5.97 Å². The van der Waals surface area contributed by atoms with Crippen LogP contribution in [0.1, 0.15) is 32.6 Å². The molecule has 0 aliphatic rings. The molecule has 2 aromatic carbocycles. The Morgan fingerprint density at radius 1 is 0.960 bits per heavy atom. The number of carbonyl (C=O) groups is 2. The largest absolute Gasteiger partial charge is 0.482 e. The summed E-state index contributed by atoms with van der Waals surface area (Å²) in [5, 5.41) is 0. The van der Waals surface area contributed by atoms with Gasteiger partial charge in [0.05, 0.1) is 7.11 Å². The van der Waals surface area contributed by atoms with Gasteiger partial charge in [-0.2, -0.15) is 0 Å². The van der Waals surface area contributed by atoms with Crippen molar-refractivity contribution in [3.8, 4) is 5.75 Å². The lowest BCUT2D eigenvalue weighted by Crippen LogP contribution is -2.12. The first-order chi connectivity index (χ1) is 11.9. The molecule has 0 aromatic heterocycles. The minimum atomic E-state index is -0.452. The number of carbonyl (C=O) groups excluding carboxylic acids is 2. The fourth-order valence-electron chi connectivity index (χ4n) is 2.34. The second kappa shape index (κ2) is 8.29. The molecule has 25 heavy (non-hydrogen) atoms. The maximum Gasteiger partial charge on any atom is 0.343 e. The topological polar surface area (TPSA) is 52.6 Å². The highest BCUT2D eigenvalue weighted by atomic mass is 16.6. The summed E-state index contributed by atoms with van der Waals surface area (Å²) in [5.41, 5.74) is 5.17. The molecular weight excluding hydrogens is 316 g/mol. The van der Waals surface area contributed by atoms with E-state index in [-0.39, 0.29) is 12.4 Å². The van der Waals surface area contributed by atoms with Crippen LogP contribution in [0.2, 0.25) is 0 Å². The third-order valence-corrected chi connectivity index (χ3v) is 4.02. The van der Waals surface area contributed by atoms with Gasteiger partial charge in [-0.1, -0.05) is 18.2 Å². The maximum atomic E-state index is 12.3. The number of aryl methyl sites for hydroxylation is 3. The molecule has 4 nitrogen and oxygen atoms in total. The number of ether oxygens (including phenoxy) is 2. The molecule has 0 spiro atoms. The van der Waals surface area contributed by atoms with E-state index in [1.807, 2.05) is 13.0 Å². The van der Waals surface area contributed by atoms with Crippen LogP contribution in [-0.2, 0) is 9.53 Å². The monoisotopic (exact) mass is 338 g/mol. The van der Waals surface area contributed by atoms with Crippen molar-refractivity contribution in [1.29, 1.82) is 0 Å². The summed E-state index contributed by atoms with van der Waals surface area (Å²) in [7, 11) is 1.30. The Kier molecular flexibility index (Phi) is 6.12. The van der Waals surface area contributed by atoms with Crippen molar-refractivity contribution in [2.75, 3.05) is 13.7 Å². The molecule has 0 bridgehead atoms. The third kappa shape index (κ3) is 5.05. The summed E-state index contributed by atoms with van der Waals surface area (Å²) in [6.07, 6.45) is 3.41. The standard InChI is InChI=1S/C21H22O4/c1-14-11-16(3)18(12-15(14)2)7-10-20(22)17-5-8-19(9-6-17)25-13-21(23)24-4/h5-12H,13H2,1-4H3. The number of esters is 1. The number of allylic oxidation sites excluding steroid dienone is 1. The quantitative estimate of drug-likeness (QED) is 0.453. The zero-order valence-corrected chi connectivity index (χ0v) is 15.0. The highest BCUT2D eigenvalue weighted by molar-refractivity contribution is 6.06. The van der Waals surface area contributed by atoms with Gasteiger partial charge in [0.2, 0.25) is 0 Å². The van der Waals surface area contributed by atoms with Crippen LogP contribution in [0.15, 0.2) is 42.5 Å². The lowest BCUT2D eigenvalue weighted by Gasteiger charge is -2.06. The molecule has 2 rings (SSSR count). The van der Waals surface area contributed by atoms with E-state index in [2.05, 4.69) is 30.7 Å². The second-order valence-electron chi connectivity index (χ2n) is 5.88. The number of ketones is 1. The van der Waals surface area contributed by atoms with E-state index in [0.29, 0.717) is 11.3 Å². The van der Waals surface area contributed by atoms with Gasteiger partial charge in [0, 0.05) is 5.56 Å². The van der Waals surface area contributed by atoms with Crippen LogP contribution in [0.4, 0.5) is 0 Å². The second-order valence-corrected chi connectivity index (χ2v) is 5.88. The average Bonchev–Trinajstić information content (AvgIpc) is 2.61. The van der Waals surface area contributed by atoms with Gasteiger partial charge in [0.1, 0.15) is 5.75 Å². The number of rotatable bonds is 6. The highest BCUT2D eigenvalue weighted by Crippen LogP contribution is 2.18. The number of hydrogen-bond acceptors (Lipinski definition) is 4. The number of hydrogen-bond donors (Lipinski definition) is 0. The molecule has 0 aliphatic carbocycles. The van der Waals surface area contributed by atoms with Crippen molar-refractivity contribution < 1.29 is 19.1 Å². The van der Waals surface area contributed by atoms with Crippen molar-refractivity contribution in [2.24, 2.45) is 0 Å². The number of methoxy groups -OCH3 is 1. The summed E-state index contributed by atoms with van der Waals surface area (Å²) in [4.78, 5) is 23.3. The third-order valence-electron chi connectivity index (χ3n) is 4.02. The first kappa shape index (κ1) is 18.5. The fraction of sp³-hybridized carbons (Fsp3) is 0.238. The van der Waals surface area contributed by atoms with Crippen molar-refractivity contribution in [3.05, 3.63) is 70.3 Å². The molecule has 0 heterocycles. The molecule has 0 aliphatic heterocycles. The van der Waals surface area contributed by atoms with Crippen molar-refractivity contribution in [1.82, 2.24) is 0 Å². The summed E-state index contributed by atoms with van der Waals surface area (Å²) in [5.74, 6) is -0.0278. The molecular formula is C21H22O4. The first-order valence-electron chi connectivity index (χ1n) is 8.00. The molecule has 0 saturated heterocycles. The molecule has 0 N–H and O–H groups in total. The molecule has 2 aromatic rings. The Hall–Kier alpha value is -2.88. The molecule has 0 atom stereocenters. The van der Waals surface area contributed by atoms with Gasteiger partial charge in [0.15, 0.2) is 12.4 Å². The van der Waals surface area contributed by atoms with Gasteiger partial charge in [-0.05, 0) is 73.4 Å². The van der Waals surface area contributed by atoms with Crippen LogP contribution in [0.3, 0.4) is 0 Å². The van der Waals surface area contributed by atoms with Gasteiger partial charge < -0.3 is 9.47 Å². The Morgan fingerprint density at radius 2 is 1.60 bits per heavy atom. The lowest BCUT2D eigenvalue weighted by atomic mass is 10.00. The predicted molar refractivity (Wildman–Crippen MR) is 98.0 cm³/mol. The van der Waals surface area contributed by atoms with Crippen LogP contribution in [0.5, 0.6) is 5.75 Å². The SMILES string of the molecule is COC(=O)COc1ccc(C(=O)C=Cc2cc(C)c(C)cc2C)cc1. The smallest absolute Gasteiger partial charge is 0.343 e. The van der Waals surface area contributed by atoms with Crippen LogP contribution in [0, 0.1) is 20.8 Å². The number of benzene rings is 2. The Labute approximate surface area is 148 Å². The molecule has 0 unspecified atom stereocenters. The normalized spacial score (nSPS) is 10.7. The maximum absolute atomic E-state index is 12.3. The van der Waals surface area contributed by atoms with Gasteiger partial charge in [-0.25, -0.2) is 4.79 Å². The Bertz CT molecular complexity index is 801. The van der Waals surface area contributed by atoms with Gasteiger partial charge in [-0.3, -0.25) is 4.79 Å². The van der Waals surface area contributed by atoms with Crippen LogP contribution in [-0.4, -0.2) is 25.5 Å². The molecule has 4 heteroatoms. The van der Waals surface area contributed by atoms with Crippen molar-refractivity contribution in [2.45, 2.75) is 20.8 Å². The lowest BCUT2D eigenvalue weighted by molar-refractivity contribution is -0.142. The Morgan fingerprint density at radius 3 is 2.24 bits per heavy atom. The van der Waals surface area contributed by atoms with Crippen LogP contribution < -0.4 is 4.74 Å². The van der Waals surface area contributed by atoms with E-state index in [0.717, 1.165) is 11.1 Å². The van der Waals surface area contributed by atoms with Crippen LogP contribution >= 0.6 is 0 Å². The highest BCUT2D eigenvalue weighted by Gasteiger charge is 2.05. The minimum absolute atomic E-state index is 0.0860. The summed E-state index contributed by atoms with van der Waals surface area (Å²) < 4.78 is 9.76. The molecule has 130 valence electrons. The van der Waals surface area contributed by atoms with Crippen LogP contribution in [0.25, 0.3) is 6.08 Å². The summed E-state index contributed by atoms with van der Waals surface area (Å²) >= 11 is 0. The summed E-state index contributed by atoms with van der Waals surface area (Å²) in [6, 6.07) is 10.9. The zero-order chi connectivity index (χ0) is 18.4. The Balaban J connectivity index is 2.06. The van der Waals surface area contributed by atoms with Gasteiger partial charge in [0.25, 0.3) is 0 Å². The van der Waals surface area contributed by atoms with E-state index in [4.69, 9.17) is 4.74 Å². The first-order valence-corrected chi connectivity index (χ1v) is 8.00. The van der Waals surface area contributed by atoms with E-state index in [9.17, 15) is 9.59 Å². The van der Waals surface area contributed by atoms with E-state index in [1.54, 1.807) is 30.3 Å². The van der Waals surface area contributed by atoms with E-state index in [1.165, 1.54) is 18.2 Å². The minimum Gasteiger partial charge on any atom is -0.482 e.